The molecule has 2 aliphatic rings. The molecule has 7 amide bonds. The summed E-state index contributed by atoms with van der Waals surface area (Å²) in [5, 5.41) is 13.6. The maximum absolute atomic E-state index is 14.6. The fourth-order valence-corrected chi connectivity index (χ4v) is 7.47. The number of halogens is 1. The molecule has 0 radical (unpaired) electrons. The second-order valence-corrected chi connectivity index (χ2v) is 14.9. The summed E-state index contributed by atoms with van der Waals surface area (Å²) in [6, 6.07) is 14.1. The number of likely N-dealkylation sites (N-methyl/N-ethyl adjacent to an activating group) is 1. The Balaban J connectivity index is 1.55. The van der Waals surface area contributed by atoms with E-state index in [0.717, 1.165) is 16.3 Å². The van der Waals surface area contributed by atoms with Gasteiger partial charge in [0.2, 0.25) is 29.5 Å². The number of carbonyl (C=O) groups is 6. The summed E-state index contributed by atoms with van der Waals surface area (Å²) >= 11 is 6.13. The van der Waals surface area contributed by atoms with E-state index in [2.05, 4.69) is 26.3 Å². The minimum absolute atomic E-state index is 0.0558. The van der Waals surface area contributed by atoms with Crippen LogP contribution in [0.3, 0.4) is 0 Å². The molecule has 3 aromatic rings. The lowest BCUT2D eigenvalue weighted by molar-refractivity contribution is -0.144. The Hall–Kier alpha value is -5.90. The Labute approximate surface area is 336 Å². The highest BCUT2D eigenvalue weighted by atomic mass is 35.5. The lowest BCUT2D eigenvalue weighted by atomic mass is 9.99. The van der Waals surface area contributed by atoms with Gasteiger partial charge in [0.25, 0.3) is 0 Å². The predicted molar refractivity (Wildman–Crippen MR) is 217 cm³/mol. The average Bonchev–Trinajstić information content (AvgIpc) is 3.68. The number of rotatable bonds is 12. The summed E-state index contributed by atoms with van der Waals surface area (Å²) in [7, 11) is 1.45. The molecule has 0 unspecified atom stereocenters. The summed E-state index contributed by atoms with van der Waals surface area (Å²) in [5.41, 5.74) is 17.8. The van der Waals surface area contributed by atoms with Gasteiger partial charge in [-0.1, -0.05) is 66.2 Å². The highest BCUT2D eigenvalue weighted by Crippen LogP contribution is 2.23. The summed E-state index contributed by atoms with van der Waals surface area (Å²) < 4.78 is 0. The number of hydrogen-bond donors (Lipinski definition) is 7. The molecule has 0 spiro atoms. The van der Waals surface area contributed by atoms with Crippen molar-refractivity contribution >= 4 is 63.9 Å². The van der Waals surface area contributed by atoms with Crippen molar-refractivity contribution in [1.82, 2.24) is 31.1 Å². The van der Waals surface area contributed by atoms with Crippen molar-refractivity contribution in [2.75, 3.05) is 26.7 Å². The van der Waals surface area contributed by atoms with E-state index in [0.29, 0.717) is 23.4 Å². The Morgan fingerprint density at radius 1 is 0.789 bits per heavy atom. The molecule has 2 saturated heterocycles. The molecule has 0 aliphatic carbocycles. The van der Waals surface area contributed by atoms with Crippen LogP contribution in [0.5, 0.6) is 0 Å². The smallest absolute Gasteiger partial charge is 0.312 e. The molecule has 0 saturated carbocycles. The second-order valence-electron chi connectivity index (χ2n) is 14.4. The molecular weight excluding hydrogens is 752 g/mol. The van der Waals surface area contributed by atoms with Crippen LogP contribution in [-0.4, -0.2) is 108 Å². The summed E-state index contributed by atoms with van der Waals surface area (Å²) in [4.78, 5) is 89.9. The van der Waals surface area contributed by atoms with E-state index in [9.17, 15) is 28.8 Å². The first-order valence-electron chi connectivity index (χ1n) is 19.1. The van der Waals surface area contributed by atoms with Gasteiger partial charge in [-0.3, -0.25) is 29.0 Å². The molecular formula is C40H51ClN10O6. The standard InChI is InChI=1S/C40H51ClN10O6/c1-50-32(10-5-19-46-40(44)57)35(53)49-31(23-25-12-15-26-7-2-3-8-27(26)21-25)38(56)51-20-6-11-33(51)36(54)48-30(22-24-13-16-28(41)17-14-24)34(52)47-29(37(50)55)9-4-18-45-39(42)43/h2-3,7-8,12-17,21,29-33H,4-6,9-11,18-20,22-23H2,1H3,(H,47,52)(H,48,54)(H,49,53)(H4,42,43,45)(H3,44,46,57)/t29-,30+,31-,32-,33-/m0/s1. The SMILES string of the molecule is CN1C(=O)[C@H](CCCN=C(N)N)NC(=O)[C@@H](Cc2ccc(Cl)cc2)NC(=O)[C@@H]2CCCN2C(=O)[C@H](Cc2ccc3ccccc3c2)NC(=O)[C@@H]1CCCNC(N)=O. The molecule has 0 bridgehead atoms. The lowest BCUT2D eigenvalue weighted by Gasteiger charge is -2.33. The van der Waals surface area contributed by atoms with Crippen LogP contribution in [0, 0.1) is 0 Å². The average molecular weight is 803 g/mol. The van der Waals surface area contributed by atoms with Crippen molar-refractivity contribution in [2.45, 2.75) is 81.6 Å². The van der Waals surface area contributed by atoms with Crippen molar-refractivity contribution in [3.63, 3.8) is 0 Å². The first-order chi connectivity index (χ1) is 27.3. The van der Waals surface area contributed by atoms with Gasteiger partial charge in [-0.15, -0.1) is 0 Å². The number of guanidine groups is 1. The molecule has 17 heteroatoms. The fourth-order valence-electron chi connectivity index (χ4n) is 7.35. The molecule has 10 N–H and O–H groups in total. The van der Waals surface area contributed by atoms with Crippen LogP contribution in [0.2, 0.25) is 5.02 Å². The molecule has 3 aromatic carbocycles. The largest absolute Gasteiger partial charge is 0.370 e. The zero-order valence-corrected chi connectivity index (χ0v) is 32.7. The Morgan fingerprint density at radius 3 is 2.18 bits per heavy atom. The van der Waals surface area contributed by atoms with Crippen molar-refractivity contribution in [3.8, 4) is 0 Å². The highest BCUT2D eigenvalue weighted by Gasteiger charge is 2.41. The molecule has 0 aromatic heterocycles. The molecule has 5 rings (SSSR count). The molecule has 2 aliphatic heterocycles. The van der Waals surface area contributed by atoms with Crippen molar-refractivity contribution in [2.24, 2.45) is 22.2 Å². The van der Waals surface area contributed by atoms with Gasteiger partial charge >= 0.3 is 6.03 Å². The van der Waals surface area contributed by atoms with Gasteiger partial charge in [-0.05, 0) is 72.6 Å². The molecule has 2 fully saturated rings. The zero-order chi connectivity index (χ0) is 41.1. The lowest BCUT2D eigenvalue weighted by Crippen LogP contribution is -2.58. The molecule has 5 atom stereocenters. The van der Waals surface area contributed by atoms with Crippen LogP contribution in [0.1, 0.15) is 49.7 Å². The van der Waals surface area contributed by atoms with Crippen LogP contribution >= 0.6 is 11.6 Å². The number of primary amides is 1. The van der Waals surface area contributed by atoms with Crippen LogP contribution in [0.15, 0.2) is 71.7 Å². The number of urea groups is 1. The second kappa shape index (κ2) is 19.8. The van der Waals surface area contributed by atoms with E-state index in [1.807, 2.05) is 42.5 Å². The number of benzene rings is 3. The zero-order valence-electron chi connectivity index (χ0n) is 31.9. The third-order valence-electron chi connectivity index (χ3n) is 10.3. The van der Waals surface area contributed by atoms with Crippen molar-refractivity contribution in [1.29, 1.82) is 0 Å². The topological polar surface area (TPSA) is 247 Å². The van der Waals surface area contributed by atoms with Crippen molar-refractivity contribution in [3.05, 3.63) is 82.9 Å². The van der Waals surface area contributed by atoms with E-state index in [1.54, 1.807) is 24.3 Å². The van der Waals surface area contributed by atoms with Crippen LogP contribution in [0.25, 0.3) is 10.8 Å². The van der Waals surface area contributed by atoms with Gasteiger partial charge in [0.05, 0.1) is 0 Å². The van der Waals surface area contributed by atoms with E-state index >= 15 is 0 Å². The quantitative estimate of drug-likeness (QED) is 0.0791. The number of nitrogens with two attached hydrogens (primary N) is 3. The van der Waals surface area contributed by atoms with Crippen LogP contribution < -0.4 is 38.5 Å². The molecule has 57 heavy (non-hydrogen) atoms. The minimum Gasteiger partial charge on any atom is -0.370 e. The van der Waals surface area contributed by atoms with Crippen LogP contribution in [-0.2, 0) is 36.8 Å². The number of fused-ring (bicyclic) bond motifs is 2. The summed E-state index contributed by atoms with van der Waals surface area (Å²) in [6.45, 7) is 0.540. The third-order valence-corrected chi connectivity index (χ3v) is 10.6. The number of nitrogens with zero attached hydrogens (tertiary/aromatic N) is 3. The Morgan fingerprint density at radius 2 is 1.46 bits per heavy atom. The third kappa shape index (κ3) is 11.6. The predicted octanol–water partition coefficient (Wildman–Crippen LogP) is 1.07. The normalized spacial score (nSPS) is 22.1. The molecule has 16 nitrogen and oxygen atoms in total. The van der Waals surface area contributed by atoms with Gasteiger partial charge in [-0.25, -0.2) is 4.79 Å². The maximum Gasteiger partial charge on any atom is 0.312 e. The number of aliphatic imine (C=N–C) groups is 1. The van der Waals surface area contributed by atoms with Gasteiger partial charge in [0.15, 0.2) is 5.96 Å². The van der Waals surface area contributed by atoms with Crippen LogP contribution in [0.4, 0.5) is 4.79 Å². The summed E-state index contributed by atoms with van der Waals surface area (Å²) in [5.74, 6) is -2.99. The fraction of sp³-hybridized carbons (Fsp3) is 0.425. The highest BCUT2D eigenvalue weighted by molar-refractivity contribution is 6.30. The first kappa shape index (κ1) is 42.2. The number of carbonyl (C=O) groups excluding carboxylic acids is 6. The Bertz CT molecular complexity index is 1970. The maximum atomic E-state index is 14.6. The number of amides is 7. The number of hydrogen-bond acceptors (Lipinski definition) is 7. The monoisotopic (exact) mass is 802 g/mol. The van der Waals surface area contributed by atoms with E-state index in [4.69, 9.17) is 28.8 Å². The van der Waals surface area contributed by atoms with Gasteiger partial charge in [0.1, 0.15) is 30.2 Å². The van der Waals surface area contributed by atoms with Gasteiger partial charge in [-0.2, -0.15) is 0 Å². The first-order valence-corrected chi connectivity index (χ1v) is 19.5. The van der Waals surface area contributed by atoms with Crippen molar-refractivity contribution < 1.29 is 28.8 Å². The molecule has 304 valence electrons. The Kier molecular flexibility index (Phi) is 14.7. The van der Waals surface area contributed by atoms with E-state index in [-0.39, 0.29) is 64.1 Å². The number of nitrogens with one attached hydrogen (secondary N) is 4. The van der Waals surface area contributed by atoms with E-state index in [1.165, 1.54) is 16.8 Å². The summed E-state index contributed by atoms with van der Waals surface area (Å²) in [6.07, 6.45) is 1.72. The van der Waals surface area contributed by atoms with Gasteiger partial charge in [0, 0.05) is 44.5 Å². The van der Waals surface area contributed by atoms with E-state index < -0.39 is 65.8 Å². The minimum atomic E-state index is -1.16. The van der Waals surface area contributed by atoms with Gasteiger partial charge < -0.3 is 48.3 Å². The molecule has 2 heterocycles.